The second-order valence-electron chi connectivity index (χ2n) is 4.49. The Morgan fingerprint density at radius 1 is 1.19 bits per heavy atom. The van der Waals surface area contributed by atoms with Crippen molar-refractivity contribution >= 4 is 23.2 Å². The van der Waals surface area contributed by atoms with Crippen molar-refractivity contribution in [3.63, 3.8) is 0 Å². The van der Waals surface area contributed by atoms with Gasteiger partial charge in [0, 0.05) is 26.4 Å². The van der Waals surface area contributed by atoms with E-state index in [-0.39, 0.29) is 17.1 Å². The Kier molecular flexibility index (Phi) is 3.49. The van der Waals surface area contributed by atoms with Crippen LogP contribution in [-0.2, 0) is 14.1 Å². The van der Waals surface area contributed by atoms with Gasteiger partial charge in [-0.3, -0.25) is 19.7 Å². The van der Waals surface area contributed by atoms with E-state index in [1.807, 2.05) is 0 Å². The summed E-state index contributed by atoms with van der Waals surface area (Å²) < 4.78 is 2.83. The highest BCUT2D eigenvalue weighted by Crippen LogP contribution is 2.18. The number of amides is 2. The summed E-state index contributed by atoms with van der Waals surface area (Å²) in [7, 11) is 3.14. The van der Waals surface area contributed by atoms with Crippen LogP contribution in [-0.4, -0.2) is 25.9 Å². The molecule has 2 aromatic heterocycles. The number of hydrogen-bond donors (Lipinski definition) is 2. The molecule has 0 fully saturated rings. The zero-order valence-corrected chi connectivity index (χ0v) is 11.4. The number of rotatable bonds is 4. The lowest BCUT2D eigenvalue weighted by atomic mass is 10.3. The van der Waals surface area contributed by atoms with Gasteiger partial charge in [-0.15, -0.1) is 0 Å². The summed E-state index contributed by atoms with van der Waals surface area (Å²) in [5.74, 6) is -1.14. The maximum atomic E-state index is 12.1. The average molecular weight is 291 g/mol. The topological polar surface area (TPSA) is 125 Å². The summed E-state index contributed by atoms with van der Waals surface area (Å²) in [5, 5.41) is 13.2. The van der Waals surface area contributed by atoms with Crippen molar-refractivity contribution in [3.8, 4) is 0 Å². The van der Waals surface area contributed by atoms with Crippen LogP contribution in [0.25, 0.3) is 0 Å². The van der Waals surface area contributed by atoms with Crippen LogP contribution in [0.5, 0.6) is 0 Å². The molecule has 2 aromatic rings. The lowest BCUT2D eigenvalue weighted by molar-refractivity contribution is -0.384. The molecule has 21 heavy (non-hydrogen) atoms. The van der Waals surface area contributed by atoms with Crippen LogP contribution in [0.2, 0.25) is 0 Å². The smallest absolute Gasteiger partial charge is 0.287 e. The summed E-state index contributed by atoms with van der Waals surface area (Å²) >= 11 is 0. The van der Waals surface area contributed by atoms with Crippen molar-refractivity contribution in [3.05, 3.63) is 46.0 Å². The molecule has 0 saturated heterocycles. The van der Waals surface area contributed by atoms with E-state index in [1.165, 1.54) is 40.7 Å². The van der Waals surface area contributed by atoms with Crippen LogP contribution < -0.4 is 11.1 Å². The highest BCUT2D eigenvalue weighted by atomic mass is 16.6. The van der Waals surface area contributed by atoms with Gasteiger partial charge in [0.25, 0.3) is 17.5 Å². The molecule has 2 rings (SSSR count). The fourth-order valence-corrected chi connectivity index (χ4v) is 1.95. The number of nitrogens with one attached hydrogen (secondary N) is 1. The second kappa shape index (κ2) is 5.12. The highest BCUT2D eigenvalue weighted by Gasteiger charge is 2.18. The van der Waals surface area contributed by atoms with E-state index >= 15 is 0 Å². The summed E-state index contributed by atoms with van der Waals surface area (Å²) in [6.45, 7) is 0. The molecule has 0 unspecified atom stereocenters. The summed E-state index contributed by atoms with van der Waals surface area (Å²) in [6, 6.07) is 2.60. The summed E-state index contributed by atoms with van der Waals surface area (Å²) in [4.78, 5) is 33.3. The summed E-state index contributed by atoms with van der Waals surface area (Å²) in [6.07, 6.45) is 2.77. The molecule has 2 amide bonds. The third kappa shape index (κ3) is 2.76. The van der Waals surface area contributed by atoms with Gasteiger partial charge in [0.05, 0.1) is 16.8 Å². The van der Waals surface area contributed by atoms with E-state index in [2.05, 4.69) is 5.32 Å². The van der Waals surface area contributed by atoms with Crippen molar-refractivity contribution < 1.29 is 14.5 Å². The SMILES string of the molecule is Cn1cc(NC(=O)c2cc([N+](=O)[O-])cn2C)cc1C(N)=O. The molecule has 0 aliphatic rings. The number of primary amides is 1. The zero-order chi connectivity index (χ0) is 15.7. The van der Waals surface area contributed by atoms with E-state index < -0.39 is 16.7 Å². The van der Waals surface area contributed by atoms with Crippen molar-refractivity contribution in [2.24, 2.45) is 19.8 Å². The number of carbonyl (C=O) groups excluding carboxylic acids is 2. The first-order chi connectivity index (χ1) is 9.79. The largest absolute Gasteiger partial charge is 0.364 e. The van der Waals surface area contributed by atoms with Crippen LogP contribution in [0.4, 0.5) is 11.4 Å². The molecule has 2 heterocycles. The first kappa shape index (κ1) is 14.3. The van der Waals surface area contributed by atoms with Crippen LogP contribution in [0.3, 0.4) is 0 Å². The number of anilines is 1. The first-order valence-electron chi connectivity index (χ1n) is 5.88. The number of aryl methyl sites for hydroxylation is 2. The Balaban J connectivity index is 2.24. The zero-order valence-electron chi connectivity index (χ0n) is 11.4. The molecule has 9 heteroatoms. The van der Waals surface area contributed by atoms with Gasteiger partial charge in [-0.1, -0.05) is 0 Å². The monoisotopic (exact) mass is 291 g/mol. The van der Waals surface area contributed by atoms with Crippen molar-refractivity contribution in [2.45, 2.75) is 0 Å². The molecule has 0 atom stereocenters. The van der Waals surface area contributed by atoms with Crippen LogP contribution in [0.1, 0.15) is 21.0 Å². The molecule has 0 aliphatic heterocycles. The number of aromatic nitrogens is 2. The Morgan fingerprint density at radius 3 is 2.29 bits per heavy atom. The number of nitro groups is 1. The number of nitrogens with zero attached hydrogens (tertiary/aromatic N) is 3. The lowest BCUT2D eigenvalue weighted by Crippen LogP contribution is -2.15. The number of hydrogen-bond acceptors (Lipinski definition) is 4. The molecule has 0 saturated carbocycles. The normalized spacial score (nSPS) is 10.4. The van der Waals surface area contributed by atoms with E-state index in [9.17, 15) is 19.7 Å². The van der Waals surface area contributed by atoms with Crippen LogP contribution >= 0.6 is 0 Å². The Labute approximate surface area is 119 Å². The van der Waals surface area contributed by atoms with Gasteiger partial charge in [-0.05, 0) is 6.07 Å². The fourth-order valence-electron chi connectivity index (χ4n) is 1.95. The van der Waals surface area contributed by atoms with Crippen molar-refractivity contribution in [2.75, 3.05) is 5.32 Å². The molecule has 0 radical (unpaired) electrons. The molecule has 0 aliphatic carbocycles. The van der Waals surface area contributed by atoms with Gasteiger partial charge in [-0.25, -0.2) is 0 Å². The minimum atomic E-state index is -0.618. The van der Waals surface area contributed by atoms with E-state index in [1.54, 1.807) is 7.05 Å². The minimum absolute atomic E-state index is 0.131. The molecular formula is C12H13N5O4. The first-order valence-corrected chi connectivity index (χ1v) is 5.88. The van der Waals surface area contributed by atoms with Gasteiger partial charge in [-0.2, -0.15) is 0 Å². The quantitative estimate of drug-likeness (QED) is 0.632. The highest BCUT2D eigenvalue weighted by molar-refractivity contribution is 6.04. The number of nitrogens with two attached hydrogens (primary N) is 1. The van der Waals surface area contributed by atoms with Gasteiger partial charge in [0.15, 0.2) is 0 Å². The van der Waals surface area contributed by atoms with E-state index in [0.29, 0.717) is 5.69 Å². The Hall–Kier alpha value is -3.10. The molecule has 0 aromatic carbocycles. The van der Waals surface area contributed by atoms with E-state index in [0.717, 1.165) is 0 Å². The Morgan fingerprint density at radius 2 is 1.81 bits per heavy atom. The second-order valence-corrected chi connectivity index (χ2v) is 4.49. The maximum Gasteiger partial charge on any atom is 0.287 e. The predicted octanol–water partition coefficient (Wildman–Crippen LogP) is 0.623. The minimum Gasteiger partial charge on any atom is -0.364 e. The van der Waals surface area contributed by atoms with Crippen LogP contribution in [0.15, 0.2) is 24.5 Å². The molecule has 3 N–H and O–H groups in total. The predicted molar refractivity (Wildman–Crippen MR) is 74.0 cm³/mol. The third-order valence-corrected chi connectivity index (χ3v) is 2.95. The van der Waals surface area contributed by atoms with Gasteiger partial charge in [0.1, 0.15) is 11.4 Å². The van der Waals surface area contributed by atoms with E-state index in [4.69, 9.17) is 5.73 Å². The average Bonchev–Trinajstić information content (AvgIpc) is 2.92. The van der Waals surface area contributed by atoms with Crippen molar-refractivity contribution in [1.29, 1.82) is 0 Å². The molecule has 9 nitrogen and oxygen atoms in total. The van der Waals surface area contributed by atoms with Crippen molar-refractivity contribution in [1.82, 2.24) is 9.13 Å². The molecule has 0 spiro atoms. The van der Waals surface area contributed by atoms with Crippen LogP contribution in [0, 0.1) is 10.1 Å². The van der Waals surface area contributed by atoms with Gasteiger partial charge < -0.3 is 20.2 Å². The Bertz CT molecular complexity index is 743. The van der Waals surface area contributed by atoms with Gasteiger partial charge in [0.2, 0.25) is 0 Å². The molecular weight excluding hydrogens is 278 g/mol. The maximum absolute atomic E-state index is 12.1. The standard InChI is InChI=1S/C12H13N5O4/c1-15-5-7(3-9(15)11(13)18)14-12(19)10-4-8(17(20)21)6-16(10)2/h3-6H,1-2H3,(H2,13,18)(H,14,19). The molecule has 0 bridgehead atoms. The van der Waals surface area contributed by atoms with Gasteiger partial charge >= 0.3 is 0 Å². The summed E-state index contributed by atoms with van der Waals surface area (Å²) in [5.41, 5.74) is 5.75. The number of carbonyl (C=O) groups is 2. The fraction of sp³-hybridized carbons (Fsp3) is 0.167. The molecule has 110 valence electrons. The third-order valence-electron chi connectivity index (χ3n) is 2.95. The lowest BCUT2D eigenvalue weighted by Gasteiger charge is -2.02.